The molecule has 0 saturated carbocycles. The van der Waals surface area contributed by atoms with Crippen LogP contribution in [-0.4, -0.2) is 40.5 Å². The van der Waals surface area contributed by atoms with Crippen LogP contribution in [0.1, 0.15) is 12.8 Å². The average Bonchev–Trinajstić information content (AvgIpc) is 2.04. The van der Waals surface area contributed by atoms with E-state index in [4.69, 9.17) is 0 Å². The van der Waals surface area contributed by atoms with Gasteiger partial charge in [-0.05, 0) is 7.05 Å². The quantitative estimate of drug-likeness (QED) is 0.345. The summed E-state index contributed by atoms with van der Waals surface area (Å²) < 4.78 is 0. The van der Waals surface area contributed by atoms with Gasteiger partial charge in [-0.25, -0.2) is 0 Å². The van der Waals surface area contributed by atoms with Gasteiger partial charge in [-0.2, -0.15) is 0 Å². The predicted octanol–water partition coefficient (Wildman–Crippen LogP) is -0.0383. The molecular formula is C6H11N3O4. The predicted molar refractivity (Wildman–Crippen MR) is 43.5 cm³/mol. The number of rotatable bonds is 2. The Morgan fingerprint density at radius 2 is 1.54 bits per heavy atom. The third kappa shape index (κ3) is 1.59. The van der Waals surface area contributed by atoms with Gasteiger partial charge in [0.2, 0.25) is 0 Å². The molecule has 0 atom stereocenters. The van der Waals surface area contributed by atoms with Crippen LogP contribution < -0.4 is 0 Å². The lowest BCUT2D eigenvalue weighted by molar-refractivity contribution is -0.800. The SMILES string of the molecule is CN1CCC([N+](=O)[O-])([N+](=O)[O-])CC1. The maximum atomic E-state index is 10.6. The Bertz CT molecular complexity index is 218. The van der Waals surface area contributed by atoms with Crippen molar-refractivity contribution in [3.05, 3.63) is 20.2 Å². The molecule has 0 aromatic heterocycles. The number of hydrogen-bond acceptors (Lipinski definition) is 5. The Labute approximate surface area is 74.6 Å². The molecule has 0 unspecified atom stereocenters. The maximum Gasteiger partial charge on any atom is 0.461 e. The van der Waals surface area contributed by atoms with Crippen LogP contribution in [-0.2, 0) is 0 Å². The van der Waals surface area contributed by atoms with Gasteiger partial charge >= 0.3 is 5.66 Å². The van der Waals surface area contributed by atoms with Crippen molar-refractivity contribution < 1.29 is 9.85 Å². The highest BCUT2D eigenvalue weighted by Crippen LogP contribution is 2.25. The molecule has 1 heterocycles. The molecule has 1 aliphatic heterocycles. The Kier molecular flexibility index (Phi) is 2.46. The van der Waals surface area contributed by atoms with Crippen LogP contribution in [0, 0.1) is 20.2 Å². The number of likely N-dealkylation sites (tertiary alicyclic amines) is 1. The fourth-order valence-corrected chi connectivity index (χ4v) is 1.41. The van der Waals surface area contributed by atoms with E-state index >= 15 is 0 Å². The van der Waals surface area contributed by atoms with E-state index in [1.165, 1.54) is 0 Å². The largest absolute Gasteiger partial charge is 0.461 e. The maximum absolute atomic E-state index is 10.6. The van der Waals surface area contributed by atoms with Crippen molar-refractivity contribution in [2.45, 2.75) is 18.5 Å². The molecule has 13 heavy (non-hydrogen) atoms. The van der Waals surface area contributed by atoms with E-state index in [0.29, 0.717) is 13.1 Å². The number of nitrogens with zero attached hydrogens (tertiary/aromatic N) is 3. The number of hydrogen-bond donors (Lipinski definition) is 0. The van der Waals surface area contributed by atoms with Crippen LogP contribution in [0.4, 0.5) is 0 Å². The third-order valence-electron chi connectivity index (χ3n) is 2.47. The monoisotopic (exact) mass is 189 g/mol. The lowest BCUT2D eigenvalue weighted by atomic mass is 9.99. The second-order valence-electron chi connectivity index (χ2n) is 3.30. The average molecular weight is 189 g/mol. The van der Waals surface area contributed by atoms with Crippen molar-refractivity contribution in [1.82, 2.24) is 4.90 Å². The summed E-state index contributed by atoms with van der Waals surface area (Å²) in [6.45, 7) is 0.809. The van der Waals surface area contributed by atoms with Gasteiger partial charge in [0.15, 0.2) is 0 Å². The first-order valence-electron chi connectivity index (χ1n) is 3.96. The van der Waals surface area contributed by atoms with E-state index in [1.807, 2.05) is 4.90 Å². The number of nitro groups is 2. The zero-order chi connectivity index (χ0) is 10.1. The van der Waals surface area contributed by atoms with Crippen LogP contribution in [0.2, 0.25) is 0 Å². The lowest BCUT2D eigenvalue weighted by Gasteiger charge is -2.27. The Hall–Kier alpha value is -1.24. The van der Waals surface area contributed by atoms with E-state index in [0.717, 1.165) is 0 Å². The van der Waals surface area contributed by atoms with E-state index in [-0.39, 0.29) is 12.8 Å². The molecule has 1 saturated heterocycles. The third-order valence-corrected chi connectivity index (χ3v) is 2.47. The highest BCUT2D eigenvalue weighted by Gasteiger charge is 2.57. The molecule has 7 nitrogen and oxygen atoms in total. The van der Waals surface area contributed by atoms with Gasteiger partial charge in [-0.15, -0.1) is 0 Å². The normalized spacial score (nSPS) is 22.5. The molecule has 0 bridgehead atoms. The molecule has 1 rings (SSSR count). The number of piperidine rings is 1. The standard InChI is InChI=1S/C6H11N3O4/c1-7-4-2-6(3-5-7,8(10)11)9(12)13/h2-5H2,1H3. The lowest BCUT2D eigenvalue weighted by Crippen LogP contribution is -2.53. The van der Waals surface area contributed by atoms with Crippen molar-refractivity contribution >= 4 is 0 Å². The molecule has 0 amide bonds. The minimum absolute atomic E-state index is 0.0104. The molecular weight excluding hydrogens is 178 g/mol. The van der Waals surface area contributed by atoms with Crippen molar-refractivity contribution in [3.63, 3.8) is 0 Å². The molecule has 0 aromatic carbocycles. The van der Waals surface area contributed by atoms with Gasteiger partial charge in [0.05, 0.1) is 9.85 Å². The first-order valence-corrected chi connectivity index (χ1v) is 3.96. The first kappa shape index (κ1) is 9.85. The van der Waals surface area contributed by atoms with Gasteiger partial charge in [0.25, 0.3) is 0 Å². The van der Waals surface area contributed by atoms with E-state index in [1.54, 1.807) is 7.05 Å². The fraction of sp³-hybridized carbons (Fsp3) is 1.00. The first-order chi connectivity index (χ1) is 5.99. The minimum atomic E-state index is -1.94. The fourth-order valence-electron chi connectivity index (χ4n) is 1.41. The summed E-state index contributed by atoms with van der Waals surface area (Å²) in [5.74, 6) is 0. The summed E-state index contributed by atoms with van der Waals surface area (Å²) in [6, 6.07) is 0. The summed E-state index contributed by atoms with van der Waals surface area (Å²) in [7, 11) is 1.80. The molecule has 0 aromatic rings. The molecule has 0 N–H and O–H groups in total. The topological polar surface area (TPSA) is 89.5 Å². The molecule has 7 heteroatoms. The molecule has 0 spiro atoms. The zero-order valence-corrected chi connectivity index (χ0v) is 7.30. The second-order valence-corrected chi connectivity index (χ2v) is 3.30. The molecule has 1 fully saturated rings. The second kappa shape index (κ2) is 3.25. The van der Waals surface area contributed by atoms with Gasteiger partial charge in [0, 0.05) is 13.1 Å². The minimum Gasteiger partial charge on any atom is -0.305 e. The van der Waals surface area contributed by atoms with Crippen LogP contribution in [0.5, 0.6) is 0 Å². The van der Waals surface area contributed by atoms with Crippen molar-refractivity contribution in [2.75, 3.05) is 20.1 Å². The molecule has 1 aliphatic rings. The summed E-state index contributed by atoms with van der Waals surface area (Å²) >= 11 is 0. The Balaban J connectivity index is 2.82. The van der Waals surface area contributed by atoms with Crippen LogP contribution in [0.3, 0.4) is 0 Å². The molecule has 0 radical (unpaired) electrons. The highest BCUT2D eigenvalue weighted by molar-refractivity contribution is 4.76. The van der Waals surface area contributed by atoms with Crippen molar-refractivity contribution in [1.29, 1.82) is 0 Å². The van der Waals surface area contributed by atoms with Crippen molar-refractivity contribution in [3.8, 4) is 0 Å². The van der Waals surface area contributed by atoms with E-state index < -0.39 is 15.5 Å². The summed E-state index contributed by atoms with van der Waals surface area (Å²) in [5.41, 5.74) is -1.94. The van der Waals surface area contributed by atoms with E-state index in [9.17, 15) is 20.2 Å². The van der Waals surface area contributed by atoms with Crippen LogP contribution in [0.25, 0.3) is 0 Å². The molecule has 74 valence electrons. The Morgan fingerprint density at radius 1 is 1.15 bits per heavy atom. The summed E-state index contributed by atoms with van der Waals surface area (Å²) in [6.07, 6.45) is -0.0208. The molecule has 0 aliphatic carbocycles. The van der Waals surface area contributed by atoms with Gasteiger partial charge in [-0.3, -0.25) is 20.2 Å². The highest BCUT2D eigenvalue weighted by atomic mass is 16.7. The van der Waals surface area contributed by atoms with Gasteiger partial charge in [0.1, 0.15) is 12.8 Å². The van der Waals surface area contributed by atoms with Crippen molar-refractivity contribution in [2.24, 2.45) is 0 Å². The van der Waals surface area contributed by atoms with E-state index in [2.05, 4.69) is 0 Å². The summed E-state index contributed by atoms with van der Waals surface area (Å²) in [4.78, 5) is 21.5. The zero-order valence-electron chi connectivity index (χ0n) is 7.30. The van der Waals surface area contributed by atoms with Gasteiger partial charge in [-0.1, -0.05) is 0 Å². The Morgan fingerprint density at radius 3 is 1.85 bits per heavy atom. The van der Waals surface area contributed by atoms with Crippen LogP contribution in [0.15, 0.2) is 0 Å². The summed E-state index contributed by atoms with van der Waals surface area (Å²) in [5, 5.41) is 21.1. The van der Waals surface area contributed by atoms with Gasteiger partial charge < -0.3 is 4.90 Å². The van der Waals surface area contributed by atoms with Crippen LogP contribution >= 0.6 is 0 Å². The smallest absolute Gasteiger partial charge is 0.305 e.